The molecule has 1 aromatic heterocycles. The molecule has 0 radical (unpaired) electrons. The third-order valence-electron chi connectivity index (χ3n) is 3.26. The highest BCUT2D eigenvalue weighted by Gasteiger charge is 2.39. The van der Waals surface area contributed by atoms with Crippen molar-refractivity contribution in [3.05, 3.63) is 23.9 Å². The molecule has 2 rings (SSSR count). The first-order chi connectivity index (χ1) is 9.95. The van der Waals surface area contributed by atoms with Crippen LogP contribution in [0.25, 0.3) is 0 Å². The van der Waals surface area contributed by atoms with E-state index in [1.54, 1.807) is 6.92 Å². The number of amides is 1. The second-order valence-electron chi connectivity index (χ2n) is 4.68. The number of hydrogen-bond donors (Lipinski definition) is 2. The average molecular weight is 302 g/mol. The molecular formula is C13H17F3N4O. The van der Waals surface area contributed by atoms with Gasteiger partial charge >= 0.3 is 6.18 Å². The lowest BCUT2D eigenvalue weighted by atomic mass is 10.1. The summed E-state index contributed by atoms with van der Waals surface area (Å²) in [6, 6.07) is 1.53. The van der Waals surface area contributed by atoms with E-state index in [0.717, 1.165) is 6.07 Å². The summed E-state index contributed by atoms with van der Waals surface area (Å²) in [7, 11) is 0. The van der Waals surface area contributed by atoms with Gasteiger partial charge in [0.15, 0.2) is 0 Å². The lowest BCUT2D eigenvalue weighted by molar-refractivity contribution is -0.137. The van der Waals surface area contributed by atoms with Gasteiger partial charge in [0.05, 0.1) is 5.56 Å². The summed E-state index contributed by atoms with van der Waals surface area (Å²) in [6.45, 7) is 3.28. The highest BCUT2D eigenvalue weighted by Crippen LogP contribution is 2.35. The van der Waals surface area contributed by atoms with Crippen LogP contribution in [0.4, 0.5) is 19.0 Å². The van der Waals surface area contributed by atoms with Crippen LogP contribution < -0.4 is 15.5 Å². The summed E-state index contributed by atoms with van der Waals surface area (Å²) in [6.07, 6.45) is -3.19. The molecule has 2 heterocycles. The molecule has 1 fully saturated rings. The fraction of sp³-hybridized carbons (Fsp3) is 0.538. The smallest absolute Gasteiger partial charge is 0.355 e. The summed E-state index contributed by atoms with van der Waals surface area (Å²) in [5, 5.41) is 5.66. The Kier molecular flexibility index (Phi) is 4.66. The van der Waals surface area contributed by atoms with Gasteiger partial charge in [0.2, 0.25) is 5.91 Å². The number of rotatable bonds is 3. The van der Waals surface area contributed by atoms with E-state index in [4.69, 9.17) is 0 Å². The van der Waals surface area contributed by atoms with Crippen LogP contribution in [0.2, 0.25) is 0 Å². The van der Waals surface area contributed by atoms with Crippen molar-refractivity contribution in [1.29, 1.82) is 0 Å². The monoisotopic (exact) mass is 302 g/mol. The predicted octanol–water partition coefficient (Wildman–Crippen LogP) is 1.01. The van der Waals surface area contributed by atoms with E-state index in [9.17, 15) is 18.0 Å². The predicted molar refractivity (Wildman–Crippen MR) is 71.9 cm³/mol. The molecular weight excluding hydrogens is 285 g/mol. The molecule has 21 heavy (non-hydrogen) atoms. The molecule has 1 unspecified atom stereocenters. The van der Waals surface area contributed by atoms with Crippen molar-refractivity contribution in [2.24, 2.45) is 0 Å². The quantitative estimate of drug-likeness (QED) is 0.875. The van der Waals surface area contributed by atoms with E-state index in [0.29, 0.717) is 26.2 Å². The number of aromatic nitrogens is 1. The van der Waals surface area contributed by atoms with Crippen LogP contribution in [0.1, 0.15) is 12.5 Å². The second kappa shape index (κ2) is 6.30. The molecule has 1 aromatic rings. The number of likely N-dealkylation sites (N-methyl/N-ethyl adjacent to an activating group) is 1. The van der Waals surface area contributed by atoms with Gasteiger partial charge in [-0.05, 0) is 19.1 Å². The lowest BCUT2D eigenvalue weighted by Crippen LogP contribution is -2.58. The Morgan fingerprint density at radius 2 is 2.33 bits per heavy atom. The lowest BCUT2D eigenvalue weighted by Gasteiger charge is -2.37. The van der Waals surface area contributed by atoms with E-state index >= 15 is 0 Å². The molecule has 0 spiro atoms. The number of pyridine rings is 1. The Labute approximate surface area is 120 Å². The maximum atomic E-state index is 13.1. The van der Waals surface area contributed by atoms with Crippen molar-refractivity contribution in [1.82, 2.24) is 15.6 Å². The van der Waals surface area contributed by atoms with Crippen molar-refractivity contribution in [2.75, 3.05) is 31.1 Å². The Morgan fingerprint density at radius 1 is 1.57 bits per heavy atom. The van der Waals surface area contributed by atoms with Crippen LogP contribution in [0.15, 0.2) is 18.3 Å². The maximum absolute atomic E-state index is 13.1. The van der Waals surface area contributed by atoms with E-state index in [2.05, 4.69) is 15.6 Å². The average Bonchev–Trinajstić information content (AvgIpc) is 2.46. The molecule has 1 saturated heterocycles. The Morgan fingerprint density at radius 3 is 3.00 bits per heavy atom. The molecule has 0 saturated carbocycles. The number of piperazine rings is 1. The van der Waals surface area contributed by atoms with Gasteiger partial charge in [-0.15, -0.1) is 0 Å². The van der Waals surface area contributed by atoms with Gasteiger partial charge in [-0.25, -0.2) is 4.98 Å². The molecule has 1 atom stereocenters. The van der Waals surface area contributed by atoms with E-state index in [1.165, 1.54) is 17.2 Å². The number of hydrogen-bond acceptors (Lipinski definition) is 4. The number of halogens is 3. The van der Waals surface area contributed by atoms with Crippen molar-refractivity contribution in [2.45, 2.75) is 19.1 Å². The maximum Gasteiger partial charge on any atom is 0.419 e. The van der Waals surface area contributed by atoms with E-state index in [1.807, 2.05) is 0 Å². The van der Waals surface area contributed by atoms with Crippen LogP contribution >= 0.6 is 0 Å². The summed E-state index contributed by atoms with van der Waals surface area (Å²) in [4.78, 5) is 17.3. The number of carbonyl (C=O) groups excluding carboxylic acids is 1. The van der Waals surface area contributed by atoms with Crippen LogP contribution in [0, 0.1) is 0 Å². The van der Waals surface area contributed by atoms with Gasteiger partial charge in [0.25, 0.3) is 0 Å². The Bertz CT molecular complexity index is 506. The van der Waals surface area contributed by atoms with Crippen LogP contribution in [0.5, 0.6) is 0 Å². The fourth-order valence-corrected chi connectivity index (χ4v) is 2.33. The first kappa shape index (κ1) is 15.6. The molecule has 0 aromatic carbocycles. The molecule has 1 aliphatic heterocycles. The minimum absolute atomic E-state index is 0.192. The Hall–Kier alpha value is -1.83. The van der Waals surface area contributed by atoms with Gasteiger partial charge in [0.1, 0.15) is 11.9 Å². The standard InChI is InChI=1S/C13H17F3N4O/c1-2-18-12(21)10-8-17-6-7-20(10)11-9(13(14,15)16)4-3-5-19-11/h3-5,10,17H,2,6-8H2,1H3,(H,18,21). The zero-order valence-electron chi connectivity index (χ0n) is 11.6. The fourth-order valence-electron chi connectivity index (χ4n) is 2.33. The number of nitrogens with one attached hydrogen (secondary N) is 2. The molecule has 1 aliphatic rings. The van der Waals surface area contributed by atoms with Gasteiger partial charge in [-0.1, -0.05) is 0 Å². The third-order valence-corrected chi connectivity index (χ3v) is 3.26. The van der Waals surface area contributed by atoms with Crippen molar-refractivity contribution >= 4 is 11.7 Å². The summed E-state index contributed by atoms with van der Waals surface area (Å²) < 4.78 is 39.3. The zero-order valence-corrected chi connectivity index (χ0v) is 11.6. The molecule has 116 valence electrons. The summed E-state index contributed by atoms with van der Waals surface area (Å²) in [5.41, 5.74) is -0.818. The van der Waals surface area contributed by atoms with Gasteiger partial charge in [0, 0.05) is 32.4 Å². The van der Waals surface area contributed by atoms with Crippen LogP contribution in [-0.4, -0.2) is 43.1 Å². The van der Waals surface area contributed by atoms with E-state index < -0.39 is 17.8 Å². The van der Waals surface area contributed by atoms with Crippen molar-refractivity contribution in [3.63, 3.8) is 0 Å². The van der Waals surface area contributed by atoms with E-state index in [-0.39, 0.29) is 11.7 Å². The highest BCUT2D eigenvalue weighted by molar-refractivity contribution is 5.85. The largest absolute Gasteiger partial charge is 0.419 e. The topological polar surface area (TPSA) is 57.3 Å². The molecule has 8 heteroatoms. The Balaban J connectivity index is 2.36. The highest BCUT2D eigenvalue weighted by atomic mass is 19.4. The zero-order chi connectivity index (χ0) is 15.5. The van der Waals surface area contributed by atoms with Crippen molar-refractivity contribution < 1.29 is 18.0 Å². The van der Waals surface area contributed by atoms with Crippen LogP contribution in [-0.2, 0) is 11.0 Å². The number of anilines is 1. The first-order valence-electron chi connectivity index (χ1n) is 6.72. The van der Waals surface area contributed by atoms with Crippen LogP contribution in [0.3, 0.4) is 0 Å². The summed E-state index contributed by atoms with van der Waals surface area (Å²) in [5.74, 6) is -0.494. The van der Waals surface area contributed by atoms with Gasteiger partial charge < -0.3 is 15.5 Å². The van der Waals surface area contributed by atoms with Crippen molar-refractivity contribution in [3.8, 4) is 0 Å². The van der Waals surface area contributed by atoms with Gasteiger partial charge in [-0.2, -0.15) is 13.2 Å². The minimum atomic E-state index is -4.50. The summed E-state index contributed by atoms with van der Waals surface area (Å²) >= 11 is 0. The normalized spacial score (nSPS) is 19.4. The molecule has 2 N–H and O–H groups in total. The molecule has 0 aliphatic carbocycles. The SMILES string of the molecule is CCNC(=O)C1CNCCN1c1ncccc1C(F)(F)F. The molecule has 5 nitrogen and oxygen atoms in total. The number of carbonyl (C=O) groups is 1. The first-order valence-corrected chi connectivity index (χ1v) is 6.72. The minimum Gasteiger partial charge on any atom is -0.355 e. The molecule has 0 bridgehead atoms. The number of alkyl halides is 3. The second-order valence-corrected chi connectivity index (χ2v) is 4.68. The molecule has 1 amide bonds. The van der Waals surface area contributed by atoms with Gasteiger partial charge in [-0.3, -0.25) is 4.79 Å². The third kappa shape index (κ3) is 3.44. The number of nitrogens with zero attached hydrogens (tertiary/aromatic N) is 2.